The van der Waals surface area contributed by atoms with Crippen LogP contribution in [0.1, 0.15) is 34.6 Å². The quantitative estimate of drug-likeness (QED) is 0.557. The van der Waals surface area contributed by atoms with E-state index in [2.05, 4.69) is 10.6 Å². The van der Waals surface area contributed by atoms with Crippen molar-refractivity contribution in [2.24, 2.45) is 0 Å². The van der Waals surface area contributed by atoms with Crippen LogP contribution in [0.25, 0.3) is 0 Å². The molecule has 0 heterocycles. The number of anilines is 1. The SMILES string of the molecule is CCOC(=O)c1ccc(NC(=S)NC(=O)c2ccc(OCC)c(Cl)c2)cc1. The summed E-state index contributed by atoms with van der Waals surface area (Å²) in [6.45, 7) is 4.38. The zero-order chi connectivity index (χ0) is 19.8. The molecule has 0 fully saturated rings. The van der Waals surface area contributed by atoms with Crippen LogP contribution in [0.4, 0.5) is 5.69 Å². The minimum absolute atomic E-state index is 0.119. The molecule has 2 aromatic rings. The van der Waals surface area contributed by atoms with Crippen LogP contribution in [0.15, 0.2) is 42.5 Å². The first-order chi connectivity index (χ1) is 12.9. The number of amides is 1. The standard InChI is InChI=1S/C19H19ClN2O4S/c1-3-25-16-10-7-13(11-15(16)20)17(23)22-19(27)21-14-8-5-12(6-9-14)18(24)26-4-2/h5-11H,3-4H2,1-2H3,(H2,21,22,23,27). The predicted molar refractivity (Wildman–Crippen MR) is 109 cm³/mol. The first-order valence-electron chi connectivity index (χ1n) is 8.26. The lowest BCUT2D eigenvalue weighted by Crippen LogP contribution is -2.34. The van der Waals surface area contributed by atoms with Crippen molar-refractivity contribution >= 4 is 46.5 Å². The molecule has 0 unspecified atom stereocenters. The summed E-state index contributed by atoms with van der Waals surface area (Å²) < 4.78 is 10.3. The normalized spacial score (nSPS) is 10.0. The summed E-state index contributed by atoms with van der Waals surface area (Å²) in [5.74, 6) is -0.286. The van der Waals surface area contributed by atoms with Gasteiger partial charge in [-0.15, -0.1) is 0 Å². The molecule has 0 spiro atoms. The Morgan fingerprint density at radius 3 is 2.30 bits per heavy atom. The van der Waals surface area contributed by atoms with Crippen molar-refractivity contribution in [1.29, 1.82) is 0 Å². The van der Waals surface area contributed by atoms with Crippen molar-refractivity contribution in [3.05, 3.63) is 58.6 Å². The van der Waals surface area contributed by atoms with Gasteiger partial charge in [-0.05, 0) is 68.5 Å². The molecule has 8 heteroatoms. The first kappa shape index (κ1) is 20.7. The third-order valence-electron chi connectivity index (χ3n) is 3.37. The molecule has 2 N–H and O–H groups in total. The molecule has 0 aliphatic rings. The number of carbonyl (C=O) groups excluding carboxylic acids is 2. The van der Waals surface area contributed by atoms with Gasteiger partial charge in [-0.2, -0.15) is 0 Å². The summed E-state index contributed by atoms with van der Waals surface area (Å²) >= 11 is 11.2. The molecule has 0 bridgehead atoms. The van der Waals surface area contributed by atoms with Gasteiger partial charge in [0.05, 0.1) is 23.8 Å². The smallest absolute Gasteiger partial charge is 0.338 e. The summed E-state index contributed by atoms with van der Waals surface area (Å²) in [4.78, 5) is 23.9. The fraction of sp³-hybridized carbons (Fsp3) is 0.211. The molecule has 1 amide bonds. The van der Waals surface area contributed by atoms with E-state index in [9.17, 15) is 9.59 Å². The highest BCUT2D eigenvalue weighted by Gasteiger charge is 2.12. The van der Waals surface area contributed by atoms with Crippen LogP contribution in [0.3, 0.4) is 0 Å². The van der Waals surface area contributed by atoms with Crippen LogP contribution in [0.5, 0.6) is 5.75 Å². The van der Waals surface area contributed by atoms with Crippen LogP contribution in [-0.4, -0.2) is 30.2 Å². The van der Waals surface area contributed by atoms with Gasteiger partial charge in [0.1, 0.15) is 5.75 Å². The number of ether oxygens (including phenoxy) is 2. The highest BCUT2D eigenvalue weighted by atomic mass is 35.5. The number of halogens is 1. The largest absolute Gasteiger partial charge is 0.492 e. The summed E-state index contributed by atoms with van der Waals surface area (Å²) in [6, 6.07) is 11.3. The van der Waals surface area contributed by atoms with E-state index >= 15 is 0 Å². The molecule has 0 aliphatic heterocycles. The average Bonchev–Trinajstić information content (AvgIpc) is 2.64. The molecule has 142 valence electrons. The fourth-order valence-corrected chi connectivity index (χ4v) is 2.60. The fourth-order valence-electron chi connectivity index (χ4n) is 2.16. The van der Waals surface area contributed by atoms with Crippen LogP contribution in [-0.2, 0) is 4.74 Å². The first-order valence-corrected chi connectivity index (χ1v) is 9.05. The number of hydrogen-bond acceptors (Lipinski definition) is 5. The monoisotopic (exact) mass is 406 g/mol. The third kappa shape index (κ3) is 5.94. The maximum atomic E-state index is 12.3. The molecule has 27 heavy (non-hydrogen) atoms. The van der Waals surface area contributed by atoms with Crippen molar-refractivity contribution in [3.63, 3.8) is 0 Å². The lowest BCUT2D eigenvalue weighted by Gasteiger charge is -2.11. The molecule has 6 nitrogen and oxygen atoms in total. The molecule has 0 aromatic heterocycles. The van der Waals surface area contributed by atoms with E-state index in [0.29, 0.717) is 40.8 Å². The van der Waals surface area contributed by atoms with E-state index in [1.54, 1.807) is 43.3 Å². The van der Waals surface area contributed by atoms with E-state index in [4.69, 9.17) is 33.3 Å². The van der Waals surface area contributed by atoms with Crippen molar-refractivity contribution in [1.82, 2.24) is 5.32 Å². The van der Waals surface area contributed by atoms with Crippen LogP contribution >= 0.6 is 23.8 Å². The number of thiocarbonyl (C=S) groups is 1. The molecule has 2 rings (SSSR count). The molecule has 0 saturated heterocycles. The Bertz CT molecular complexity index is 840. The van der Waals surface area contributed by atoms with E-state index in [-0.39, 0.29) is 5.11 Å². The second kappa shape index (κ2) is 9.89. The number of rotatable bonds is 6. The topological polar surface area (TPSA) is 76.7 Å². The molecule has 2 aromatic carbocycles. The van der Waals surface area contributed by atoms with Gasteiger partial charge in [0.25, 0.3) is 5.91 Å². The maximum absolute atomic E-state index is 12.3. The van der Waals surface area contributed by atoms with E-state index in [0.717, 1.165) is 0 Å². The minimum atomic E-state index is -0.402. The summed E-state index contributed by atoms with van der Waals surface area (Å²) in [6.07, 6.45) is 0. The lowest BCUT2D eigenvalue weighted by molar-refractivity contribution is 0.0526. The molecule has 0 aliphatic carbocycles. The van der Waals surface area contributed by atoms with Gasteiger partial charge in [-0.1, -0.05) is 11.6 Å². The van der Waals surface area contributed by atoms with Gasteiger partial charge in [0.15, 0.2) is 5.11 Å². The van der Waals surface area contributed by atoms with E-state index < -0.39 is 11.9 Å². The van der Waals surface area contributed by atoms with Gasteiger partial charge in [-0.3, -0.25) is 10.1 Å². The summed E-state index contributed by atoms with van der Waals surface area (Å²) in [5, 5.41) is 5.91. The number of esters is 1. The minimum Gasteiger partial charge on any atom is -0.492 e. The summed E-state index contributed by atoms with van der Waals surface area (Å²) in [7, 11) is 0. The average molecular weight is 407 g/mol. The number of nitrogens with one attached hydrogen (secondary N) is 2. The van der Waals surface area contributed by atoms with Crippen molar-refractivity contribution in [2.75, 3.05) is 18.5 Å². The van der Waals surface area contributed by atoms with E-state index in [1.165, 1.54) is 6.07 Å². The van der Waals surface area contributed by atoms with Gasteiger partial charge in [0, 0.05) is 11.3 Å². The van der Waals surface area contributed by atoms with Crippen molar-refractivity contribution in [2.45, 2.75) is 13.8 Å². The van der Waals surface area contributed by atoms with E-state index in [1.807, 2.05) is 6.92 Å². The Balaban J connectivity index is 1.96. The number of hydrogen-bond donors (Lipinski definition) is 2. The second-order valence-electron chi connectivity index (χ2n) is 5.28. The maximum Gasteiger partial charge on any atom is 0.338 e. The van der Waals surface area contributed by atoms with Crippen molar-refractivity contribution < 1.29 is 19.1 Å². The molecular weight excluding hydrogens is 388 g/mol. The predicted octanol–water partition coefficient (Wildman–Crippen LogP) is 4.04. The van der Waals surface area contributed by atoms with Crippen LogP contribution in [0, 0.1) is 0 Å². The zero-order valence-electron chi connectivity index (χ0n) is 14.9. The van der Waals surface area contributed by atoms with Crippen LogP contribution < -0.4 is 15.4 Å². The third-order valence-corrected chi connectivity index (χ3v) is 3.87. The second-order valence-corrected chi connectivity index (χ2v) is 6.10. The van der Waals surface area contributed by atoms with Gasteiger partial charge in [0.2, 0.25) is 0 Å². The molecular formula is C19H19ClN2O4S. The molecule has 0 atom stereocenters. The Kier molecular flexibility index (Phi) is 7.57. The molecule has 0 saturated carbocycles. The number of benzene rings is 2. The van der Waals surface area contributed by atoms with Crippen molar-refractivity contribution in [3.8, 4) is 5.75 Å². The summed E-state index contributed by atoms with van der Waals surface area (Å²) in [5.41, 5.74) is 1.41. The Morgan fingerprint density at radius 1 is 1.04 bits per heavy atom. The van der Waals surface area contributed by atoms with Gasteiger partial charge in [-0.25, -0.2) is 4.79 Å². The zero-order valence-corrected chi connectivity index (χ0v) is 16.4. The Labute approximate surface area is 167 Å². The van der Waals surface area contributed by atoms with Crippen LogP contribution in [0.2, 0.25) is 5.02 Å². The Morgan fingerprint density at radius 2 is 1.70 bits per heavy atom. The molecule has 0 radical (unpaired) electrons. The van der Waals surface area contributed by atoms with Gasteiger partial charge >= 0.3 is 5.97 Å². The number of carbonyl (C=O) groups is 2. The highest BCUT2D eigenvalue weighted by molar-refractivity contribution is 7.80. The van der Waals surface area contributed by atoms with Gasteiger partial charge < -0.3 is 14.8 Å². The lowest BCUT2D eigenvalue weighted by atomic mass is 10.2. The Hall–Kier alpha value is -2.64. The highest BCUT2D eigenvalue weighted by Crippen LogP contribution is 2.25.